The number of unbranched alkanes of at least 4 members (excludes halogenated alkanes) is 14. The van der Waals surface area contributed by atoms with E-state index in [4.69, 9.17) is 0 Å². The average molecular weight is 837 g/mol. The number of nitrogens with zero attached hydrogens (tertiary/aromatic N) is 1. The summed E-state index contributed by atoms with van der Waals surface area (Å²) in [6.07, 6.45) is 17.6. The van der Waals surface area contributed by atoms with Crippen molar-refractivity contribution in [3.63, 3.8) is 0 Å². The highest BCUT2D eigenvalue weighted by Crippen LogP contribution is 2.53. The third kappa shape index (κ3) is 9.73. The molecule has 0 fully saturated rings. The van der Waals surface area contributed by atoms with E-state index in [0.29, 0.717) is 35.2 Å². The molecule has 0 aliphatic carbocycles. The standard InChI is InChI=1S/C54H60F6N/c1-3-5-7-9-11-13-15-21-29-61(30-22-16-14-12-10-8-6-4-2)36-45-44(39-32-46(55)52(59)47(56)33-39)31-38-24-18-20-26-42(38)51(45)50-41-25-19-17-23-37(41)27-28-43(50)54(61)40-34-48(57)53(60)49(58)35-40/h17-20,23-28,31-35,54H,3-16,21-22,29-30,36H2,1-2H3/q+1. The minimum Gasteiger partial charge on any atom is -0.310 e. The van der Waals surface area contributed by atoms with Gasteiger partial charge in [-0.25, -0.2) is 26.3 Å². The van der Waals surface area contributed by atoms with Gasteiger partial charge in [-0.3, -0.25) is 0 Å². The summed E-state index contributed by atoms with van der Waals surface area (Å²) in [6, 6.07) is 25.9. The van der Waals surface area contributed by atoms with E-state index in [9.17, 15) is 8.78 Å². The molecule has 1 nitrogen and oxygen atoms in total. The van der Waals surface area contributed by atoms with Crippen molar-refractivity contribution in [2.24, 2.45) is 0 Å². The second-order valence-corrected chi connectivity index (χ2v) is 17.5. The average Bonchev–Trinajstić information content (AvgIpc) is 3.39. The molecule has 1 aliphatic rings. The molecular formula is C54H60F6N+. The summed E-state index contributed by atoms with van der Waals surface area (Å²) in [5.41, 5.74) is 4.60. The van der Waals surface area contributed by atoms with Crippen molar-refractivity contribution in [3.8, 4) is 22.3 Å². The molecule has 1 unspecified atom stereocenters. The van der Waals surface area contributed by atoms with Gasteiger partial charge in [0.25, 0.3) is 0 Å². The SMILES string of the molecule is CCCCCCCCCC[N+]1(CCCCCCCCCC)Cc2c(-c3cc(F)c(F)c(F)c3)cc3ccccc3c2-c2c(ccc3ccccc23)C1c1cc(F)c(F)c(F)c1. The Balaban J connectivity index is 1.49. The Hall–Kier alpha value is -4.62. The molecule has 322 valence electrons. The van der Waals surface area contributed by atoms with Crippen LogP contribution in [-0.2, 0) is 6.54 Å². The van der Waals surface area contributed by atoms with Gasteiger partial charge in [0.15, 0.2) is 34.9 Å². The van der Waals surface area contributed by atoms with E-state index in [1.807, 2.05) is 42.5 Å². The second-order valence-electron chi connectivity index (χ2n) is 17.5. The third-order valence-electron chi connectivity index (χ3n) is 13.2. The molecule has 7 rings (SSSR count). The summed E-state index contributed by atoms with van der Waals surface area (Å²) in [4.78, 5) is 0. The molecule has 61 heavy (non-hydrogen) atoms. The van der Waals surface area contributed by atoms with Gasteiger partial charge in [-0.15, -0.1) is 0 Å². The van der Waals surface area contributed by atoms with Crippen LogP contribution in [0.5, 0.6) is 0 Å². The summed E-state index contributed by atoms with van der Waals surface area (Å²) in [5, 5.41) is 3.65. The van der Waals surface area contributed by atoms with Crippen molar-refractivity contribution in [1.82, 2.24) is 0 Å². The Morgan fingerprint density at radius 2 is 0.934 bits per heavy atom. The van der Waals surface area contributed by atoms with Crippen molar-refractivity contribution in [2.75, 3.05) is 13.1 Å². The van der Waals surface area contributed by atoms with Crippen LogP contribution >= 0.6 is 0 Å². The van der Waals surface area contributed by atoms with E-state index in [1.54, 1.807) is 0 Å². The fraction of sp³-hybridized carbons (Fsp3) is 0.407. The lowest BCUT2D eigenvalue weighted by atomic mass is 9.82. The van der Waals surface area contributed by atoms with Gasteiger partial charge in [0.05, 0.1) is 13.1 Å². The van der Waals surface area contributed by atoms with E-state index < -0.39 is 40.9 Å². The summed E-state index contributed by atoms with van der Waals surface area (Å²) >= 11 is 0. The summed E-state index contributed by atoms with van der Waals surface area (Å²) in [5.74, 6) is -8.05. The van der Waals surface area contributed by atoms with Crippen LogP contribution in [0.15, 0.2) is 91.0 Å². The normalized spacial score (nSPS) is 14.7. The van der Waals surface area contributed by atoms with Crippen molar-refractivity contribution < 1.29 is 30.8 Å². The zero-order chi connectivity index (χ0) is 42.9. The van der Waals surface area contributed by atoms with Gasteiger partial charge in [-0.2, -0.15) is 0 Å². The van der Waals surface area contributed by atoms with E-state index in [-0.39, 0.29) is 5.56 Å². The van der Waals surface area contributed by atoms with Gasteiger partial charge in [0.1, 0.15) is 12.6 Å². The Labute approximate surface area is 358 Å². The highest BCUT2D eigenvalue weighted by molar-refractivity contribution is 6.10. The number of quaternary nitrogens is 1. The number of hydrogen-bond donors (Lipinski definition) is 0. The molecule has 0 spiro atoms. The van der Waals surface area contributed by atoms with Crippen LogP contribution in [-0.4, -0.2) is 17.6 Å². The van der Waals surface area contributed by atoms with Gasteiger partial charge in [0, 0.05) is 27.8 Å². The fourth-order valence-corrected chi connectivity index (χ4v) is 10.2. The first-order valence-corrected chi connectivity index (χ1v) is 22.9. The largest absolute Gasteiger partial charge is 0.310 e. The van der Waals surface area contributed by atoms with Crippen molar-refractivity contribution >= 4 is 21.5 Å². The smallest absolute Gasteiger partial charge is 0.194 e. The maximum absolute atomic E-state index is 15.7. The van der Waals surface area contributed by atoms with Gasteiger partial charge >= 0.3 is 0 Å². The van der Waals surface area contributed by atoms with Crippen LogP contribution in [0.25, 0.3) is 43.8 Å². The maximum atomic E-state index is 15.7. The van der Waals surface area contributed by atoms with Crippen LogP contribution in [0.4, 0.5) is 26.3 Å². The number of benzene rings is 6. The fourth-order valence-electron chi connectivity index (χ4n) is 10.2. The van der Waals surface area contributed by atoms with Crippen LogP contribution in [0.3, 0.4) is 0 Å². The zero-order valence-corrected chi connectivity index (χ0v) is 35.9. The van der Waals surface area contributed by atoms with Gasteiger partial charge in [0.2, 0.25) is 0 Å². The van der Waals surface area contributed by atoms with Crippen molar-refractivity contribution in [3.05, 3.63) is 143 Å². The Morgan fingerprint density at radius 1 is 0.475 bits per heavy atom. The first kappa shape index (κ1) is 44.4. The van der Waals surface area contributed by atoms with Crippen LogP contribution in [0.2, 0.25) is 0 Å². The monoisotopic (exact) mass is 836 g/mol. The number of halogens is 6. The third-order valence-corrected chi connectivity index (χ3v) is 13.2. The predicted molar refractivity (Wildman–Crippen MR) is 239 cm³/mol. The quantitative estimate of drug-likeness (QED) is 0.0311. The topological polar surface area (TPSA) is 0 Å². The zero-order valence-electron chi connectivity index (χ0n) is 35.9. The molecular weight excluding hydrogens is 777 g/mol. The number of fused-ring (bicyclic) bond motifs is 7. The molecule has 0 bridgehead atoms. The van der Waals surface area contributed by atoms with E-state index >= 15 is 17.6 Å². The molecule has 6 aromatic carbocycles. The molecule has 0 saturated carbocycles. The lowest BCUT2D eigenvalue weighted by Gasteiger charge is -2.45. The van der Waals surface area contributed by atoms with Crippen molar-refractivity contribution in [1.29, 1.82) is 0 Å². The highest BCUT2D eigenvalue weighted by atomic mass is 19.2. The molecule has 1 aliphatic heterocycles. The van der Waals surface area contributed by atoms with Crippen molar-refractivity contribution in [2.45, 2.75) is 129 Å². The minimum atomic E-state index is -1.53. The molecule has 1 heterocycles. The van der Waals surface area contributed by atoms with Crippen LogP contribution < -0.4 is 0 Å². The van der Waals surface area contributed by atoms with E-state index in [1.165, 1.54) is 63.5 Å². The highest BCUT2D eigenvalue weighted by Gasteiger charge is 2.45. The minimum absolute atomic E-state index is 0.217. The molecule has 0 N–H and O–H groups in total. The summed E-state index contributed by atoms with van der Waals surface area (Å²) in [7, 11) is 0. The molecule has 0 radical (unpaired) electrons. The van der Waals surface area contributed by atoms with Gasteiger partial charge in [-0.05, 0) is 88.7 Å². The Kier molecular flexibility index (Phi) is 14.9. The van der Waals surface area contributed by atoms with E-state index in [0.717, 1.165) is 107 Å². The van der Waals surface area contributed by atoms with Crippen LogP contribution in [0.1, 0.15) is 139 Å². The molecule has 6 aromatic rings. The molecule has 0 aromatic heterocycles. The van der Waals surface area contributed by atoms with Crippen LogP contribution in [0, 0.1) is 34.9 Å². The van der Waals surface area contributed by atoms with Gasteiger partial charge < -0.3 is 4.48 Å². The maximum Gasteiger partial charge on any atom is 0.194 e. The summed E-state index contributed by atoms with van der Waals surface area (Å²) in [6.45, 7) is 6.09. The molecule has 1 atom stereocenters. The lowest BCUT2D eigenvalue weighted by Crippen LogP contribution is -2.51. The molecule has 0 amide bonds. The summed E-state index contributed by atoms with van der Waals surface area (Å²) < 4.78 is 91.9. The number of hydrogen-bond acceptors (Lipinski definition) is 0. The Morgan fingerprint density at radius 3 is 1.48 bits per heavy atom. The molecule has 0 saturated heterocycles. The van der Waals surface area contributed by atoms with E-state index in [2.05, 4.69) is 38.1 Å². The first-order valence-electron chi connectivity index (χ1n) is 22.9. The molecule has 7 heteroatoms. The predicted octanol–water partition coefficient (Wildman–Crippen LogP) is 16.9. The second kappa shape index (κ2) is 20.5. The first-order chi connectivity index (χ1) is 29.7. The van der Waals surface area contributed by atoms with Gasteiger partial charge in [-0.1, -0.05) is 152 Å². The Bertz CT molecular complexity index is 2370. The lowest BCUT2D eigenvalue weighted by molar-refractivity contribution is -0.964. The number of rotatable bonds is 20.